The summed E-state index contributed by atoms with van der Waals surface area (Å²) in [5.74, 6) is -1.04. The molecule has 2 aromatic rings. The Labute approximate surface area is 97.4 Å². The molecule has 2 N–H and O–H groups in total. The Hall–Kier alpha value is -1.13. The molecule has 2 heterocycles. The average Bonchev–Trinajstić information content (AvgIpc) is 2.57. The van der Waals surface area contributed by atoms with E-state index in [0.29, 0.717) is 17.4 Å². The molecule has 0 spiro atoms. The third-order valence-corrected chi connectivity index (χ3v) is 2.87. The number of H-pyrrole nitrogens is 1. The first-order valence-electron chi connectivity index (χ1n) is 4.95. The van der Waals surface area contributed by atoms with Crippen molar-refractivity contribution in [1.82, 2.24) is 10.3 Å². The van der Waals surface area contributed by atoms with E-state index in [1.165, 1.54) is 6.07 Å². The quantitative estimate of drug-likeness (QED) is 0.732. The van der Waals surface area contributed by atoms with Gasteiger partial charge in [-0.3, -0.25) is 0 Å². The SMILES string of the molecule is Cl.Fc1cc(F)c2[nH]c3c(c2c1)CNCC3. The van der Waals surface area contributed by atoms with Crippen molar-refractivity contribution in [3.8, 4) is 0 Å². The molecule has 0 radical (unpaired) electrons. The van der Waals surface area contributed by atoms with Crippen LogP contribution in [0.5, 0.6) is 0 Å². The van der Waals surface area contributed by atoms with Crippen LogP contribution in [0.3, 0.4) is 0 Å². The van der Waals surface area contributed by atoms with Crippen LogP contribution >= 0.6 is 12.4 Å². The lowest BCUT2D eigenvalue weighted by molar-refractivity contribution is 0.591. The molecule has 0 fully saturated rings. The van der Waals surface area contributed by atoms with Crippen molar-refractivity contribution in [2.75, 3.05) is 6.54 Å². The first-order valence-corrected chi connectivity index (χ1v) is 4.95. The fourth-order valence-electron chi connectivity index (χ4n) is 2.17. The summed E-state index contributed by atoms with van der Waals surface area (Å²) in [6.45, 7) is 1.56. The highest BCUT2D eigenvalue weighted by molar-refractivity contribution is 5.85. The molecule has 16 heavy (non-hydrogen) atoms. The Kier molecular flexibility index (Phi) is 2.86. The van der Waals surface area contributed by atoms with Gasteiger partial charge in [-0.2, -0.15) is 0 Å². The summed E-state index contributed by atoms with van der Waals surface area (Å²) in [5, 5.41) is 3.85. The van der Waals surface area contributed by atoms with Gasteiger partial charge >= 0.3 is 0 Å². The highest BCUT2D eigenvalue weighted by Crippen LogP contribution is 2.27. The van der Waals surface area contributed by atoms with Crippen molar-refractivity contribution in [2.45, 2.75) is 13.0 Å². The second-order valence-corrected chi connectivity index (χ2v) is 3.82. The Balaban J connectivity index is 0.000000963. The number of halogens is 3. The second kappa shape index (κ2) is 4.03. The zero-order valence-electron chi connectivity index (χ0n) is 8.44. The van der Waals surface area contributed by atoms with Gasteiger partial charge in [0.1, 0.15) is 11.6 Å². The van der Waals surface area contributed by atoms with Crippen LogP contribution < -0.4 is 5.32 Å². The summed E-state index contributed by atoms with van der Waals surface area (Å²) >= 11 is 0. The zero-order chi connectivity index (χ0) is 10.4. The standard InChI is InChI=1S/C11H10F2N2.ClH/c12-6-3-7-8-5-14-2-1-10(8)15-11(7)9(13)4-6;/h3-4,14-15H,1-2,5H2;1H. The number of hydrogen-bond donors (Lipinski definition) is 2. The number of hydrogen-bond acceptors (Lipinski definition) is 1. The lowest BCUT2D eigenvalue weighted by Gasteiger charge is -2.12. The molecule has 1 aromatic heterocycles. The van der Waals surface area contributed by atoms with Gasteiger partial charge in [0.25, 0.3) is 0 Å². The minimum atomic E-state index is -0.521. The van der Waals surface area contributed by atoms with Gasteiger partial charge < -0.3 is 10.3 Å². The molecule has 0 bridgehead atoms. The number of aromatic nitrogens is 1. The van der Waals surface area contributed by atoms with Crippen LogP contribution in [0.2, 0.25) is 0 Å². The van der Waals surface area contributed by atoms with Crippen LogP contribution in [0, 0.1) is 11.6 Å². The van der Waals surface area contributed by atoms with E-state index in [9.17, 15) is 8.78 Å². The number of nitrogens with one attached hydrogen (secondary N) is 2. The van der Waals surface area contributed by atoms with Crippen molar-refractivity contribution in [1.29, 1.82) is 0 Å². The monoisotopic (exact) mass is 244 g/mol. The van der Waals surface area contributed by atoms with Gasteiger partial charge in [-0.15, -0.1) is 12.4 Å². The highest BCUT2D eigenvalue weighted by atomic mass is 35.5. The molecule has 0 saturated heterocycles. The third kappa shape index (κ3) is 1.58. The Morgan fingerprint density at radius 1 is 1.19 bits per heavy atom. The minimum absolute atomic E-state index is 0. The van der Waals surface area contributed by atoms with Gasteiger partial charge in [0.15, 0.2) is 0 Å². The van der Waals surface area contributed by atoms with Crippen LogP contribution in [0.4, 0.5) is 8.78 Å². The maximum Gasteiger partial charge on any atom is 0.150 e. The summed E-state index contributed by atoms with van der Waals surface area (Å²) in [6, 6.07) is 2.30. The fourth-order valence-corrected chi connectivity index (χ4v) is 2.17. The van der Waals surface area contributed by atoms with Crippen molar-refractivity contribution in [3.63, 3.8) is 0 Å². The first-order chi connectivity index (χ1) is 7.25. The first kappa shape index (κ1) is 11.4. The maximum atomic E-state index is 13.4. The molecule has 0 saturated carbocycles. The predicted octanol–water partition coefficient (Wildman–Crippen LogP) is 2.51. The average molecular weight is 245 g/mol. The molecule has 5 heteroatoms. The van der Waals surface area contributed by atoms with Gasteiger partial charge in [0.05, 0.1) is 5.52 Å². The molecule has 1 aromatic carbocycles. The Bertz CT molecular complexity index is 536. The molecule has 0 atom stereocenters. The molecule has 0 amide bonds. The lowest BCUT2D eigenvalue weighted by atomic mass is 10.1. The van der Waals surface area contributed by atoms with E-state index in [4.69, 9.17) is 0 Å². The van der Waals surface area contributed by atoms with Gasteiger partial charge in [0.2, 0.25) is 0 Å². The smallest absolute Gasteiger partial charge is 0.150 e. The molecule has 0 unspecified atom stereocenters. The molecule has 2 nitrogen and oxygen atoms in total. The van der Waals surface area contributed by atoms with Crippen molar-refractivity contribution >= 4 is 23.3 Å². The van der Waals surface area contributed by atoms with Crippen LogP contribution in [0.15, 0.2) is 12.1 Å². The van der Waals surface area contributed by atoms with Gasteiger partial charge in [0, 0.05) is 36.7 Å². The third-order valence-electron chi connectivity index (χ3n) is 2.87. The summed E-state index contributed by atoms with van der Waals surface area (Å²) < 4.78 is 26.5. The van der Waals surface area contributed by atoms with Gasteiger partial charge in [-0.25, -0.2) is 8.78 Å². The Morgan fingerprint density at radius 2 is 2.00 bits per heavy atom. The zero-order valence-corrected chi connectivity index (χ0v) is 9.26. The van der Waals surface area contributed by atoms with Gasteiger partial charge in [-0.05, 0) is 11.6 Å². The number of benzene rings is 1. The van der Waals surface area contributed by atoms with Crippen molar-refractivity contribution < 1.29 is 8.78 Å². The largest absolute Gasteiger partial charge is 0.356 e. The van der Waals surface area contributed by atoms with E-state index in [2.05, 4.69) is 10.3 Å². The van der Waals surface area contributed by atoms with Crippen molar-refractivity contribution in [2.24, 2.45) is 0 Å². The lowest BCUT2D eigenvalue weighted by Crippen LogP contribution is -2.22. The molecule has 1 aliphatic rings. The molecular weight excluding hydrogens is 234 g/mol. The van der Waals surface area contributed by atoms with E-state index >= 15 is 0 Å². The number of fused-ring (bicyclic) bond motifs is 3. The topological polar surface area (TPSA) is 27.8 Å². The summed E-state index contributed by atoms with van der Waals surface area (Å²) in [6.07, 6.45) is 0.838. The maximum absolute atomic E-state index is 13.4. The predicted molar refractivity (Wildman–Crippen MR) is 60.9 cm³/mol. The molecule has 0 aliphatic carbocycles. The van der Waals surface area contributed by atoms with Crippen LogP contribution in [-0.2, 0) is 13.0 Å². The van der Waals surface area contributed by atoms with E-state index in [0.717, 1.165) is 30.3 Å². The van der Waals surface area contributed by atoms with E-state index in [1.54, 1.807) is 0 Å². The fraction of sp³-hybridized carbons (Fsp3) is 0.273. The second-order valence-electron chi connectivity index (χ2n) is 3.82. The molecule has 1 aliphatic heterocycles. The van der Waals surface area contributed by atoms with Gasteiger partial charge in [-0.1, -0.05) is 0 Å². The van der Waals surface area contributed by atoms with E-state index in [1.807, 2.05) is 0 Å². The minimum Gasteiger partial charge on any atom is -0.356 e. The number of aromatic amines is 1. The molecule has 3 rings (SSSR count). The van der Waals surface area contributed by atoms with Crippen LogP contribution in [-0.4, -0.2) is 11.5 Å². The number of rotatable bonds is 0. The molecule has 86 valence electrons. The van der Waals surface area contributed by atoms with E-state index in [-0.39, 0.29) is 12.4 Å². The van der Waals surface area contributed by atoms with E-state index < -0.39 is 11.6 Å². The van der Waals surface area contributed by atoms with Crippen molar-refractivity contribution in [3.05, 3.63) is 35.0 Å². The normalized spacial score (nSPS) is 14.6. The summed E-state index contributed by atoms with van der Waals surface area (Å²) in [5.41, 5.74) is 2.44. The Morgan fingerprint density at radius 3 is 2.81 bits per heavy atom. The summed E-state index contributed by atoms with van der Waals surface area (Å²) in [4.78, 5) is 3.03. The summed E-state index contributed by atoms with van der Waals surface area (Å²) in [7, 11) is 0. The van der Waals surface area contributed by atoms with Crippen LogP contribution in [0.1, 0.15) is 11.3 Å². The molecular formula is C11H11ClF2N2. The highest BCUT2D eigenvalue weighted by Gasteiger charge is 2.17. The van der Waals surface area contributed by atoms with Crippen LogP contribution in [0.25, 0.3) is 10.9 Å².